The third-order valence-electron chi connectivity index (χ3n) is 5.26. The van der Waals surface area contributed by atoms with Crippen molar-refractivity contribution in [1.29, 1.82) is 0 Å². The van der Waals surface area contributed by atoms with Crippen LogP contribution in [0.4, 0.5) is 5.69 Å². The Morgan fingerprint density at radius 1 is 1.06 bits per heavy atom. The Kier molecular flexibility index (Phi) is 5.97. The Labute approximate surface area is 198 Å². The molecule has 0 aliphatic carbocycles. The largest absolute Gasteiger partial charge is 0.493 e. The molecular formula is C24H19ClN2O5S. The van der Waals surface area contributed by atoms with Gasteiger partial charge in [-0.25, -0.2) is 9.78 Å². The van der Waals surface area contributed by atoms with Crippen molar-refractivity contribution in [1.82, 2.24) is 4.98 Å². The number of thiophene rings is 1. The van der Waals surface area contributed by atoms with Crippen LogP contribution in [0.3, 0.4) is 0 Å². The highest BCUT2D eigenvalue weighted by molar-refractivity contribution is 7.21. The zero-order valence-electron chi connectivity index (χ0n) is 17.9. The van der Waals surface area contributed by atoms with E-state index < -0.39 is 5.97 Å². The molecule has 0 unspecified atom stereocenters. The molecule has 2 heterocycles. The fraction of sp³-hybridized carbons (Fsp3) is 0.125. The molecule has 0 spiro atoms. The van der Waals surface area contributed by atoms with Crippen LogP contribution in [0.15, 0.2) is 42.5 Å². The molecule has 0 atom stereocenters. The second-order valence-electron chi connectivity index (χ2n) is 7.18. The van der Waals surface area contributed by atoms with Gasteiger partial charge in [0.2, 0.25) is 5.78 Å². The Bertz CT molecular complexity index is 1410. The number of carboxylic acid groups (broad SMARTS) is 1. The van der Waals surface area contributed by atoms with Crippen molar-refractivity contribution < 1.29 is 24.2 Å². The number of pyridine rings is 1. The summed E-state index contributed by atoms with van der Waals surface area (Å²) in [7, 11) is 3.01. The topological polar surface area (TPSA) is 112 Å². The third kappa shape index (κ3) is 3.88. The number of nitrogens with two attached hydrogens (primary N) is 1. The summed E-state index contributed by atoms with van der Waals surface area (Å²) in [6.45, 7) is 1.61. The fourth-order valence-electron chi connectivity index (χ4n) is 3.71. The number of carboxylic acids is 1. The van der Waals surface area contributed by atoms with E-state index in [2.05, 4.69) is 4.98 Å². The number of hydrogen-bond donors (Lipinski definition) is 2. The number of ketones is 1. The van der Waals surface area contributed by atoms with Crippen LogP contribution in [0.2, 0.25) is 5.02 Å². The van der Waals surface area contributed by atoms with Gasteiger partial charge in [0.05, 0.1) is 31.2 Å². The maximum Gasteiger partial charge on any atom is 0.338 e. The van der Waals surface area contributed by atoms with E-state index in [-0.39, 0.29) is 21.9 Å². The quantitative estimate of drug-likeness (QED) is 0.351. The van der Waals surface area contributed by atoms with E-state index in [4.69, 9.17) is 26.8 Å². The Hall–Kier alpha value is -3.62. The Morgan fingerprint density at radius 2 is 1.73 bits per heavy atom. The van der Waals surface area contributed by atoms with Gasteiger partial charge in [-0.15, -0.1) is 11.3 Å². The van der Waals surface area contributed by atoms with Crippen molar-refractivity contribution in [2.24, 2.45) is 0 Å². The van der Waals surface area contributed by atoms with Crippen molar-refractivity contribution in [3.63, 3.8) is 0 Å². The number of fused-ring (bicyclic) bond motifs is 1. The third-order valence-corrected chi connectivity index (χ3v) is 6.61. The standard InChI is InChI=1S/C24H19ClN2O5S/c1-11-17(24(29)30)18(13-6-9-15(31-2)16(10-13)32-3)19-20(26)22(33-23(19)27-11)21(28)12-4-7-14(25)8-5-12/h4-10H,26H2,1-3H3,(H,29,30). The molecule has 0 bridgehead atoms. The van der Waals surface area contributed by atoms with Gasteiger partial charge in [-0.1, -0.05) is 17.7 Å². The first kappa shape index (κ1) is 22.6. The Morgan fingerprint density at radius 3 is 2.33 bits per heavy atom. The number of carbonyl (C=O) groups excluding carboxylic acids is 1. The van der Waals surface area contributed by atoms with Crippen LogP contribution in [0.5, 0.6) is 11.5 Å². The van der Waals surface area contributed by atoms with Crippen molar-refractivity contribution in [3.05, 3.63) is 69.2 Å². The van der Waals surface area contributed by atoms with Crippen LogP contribution in [0.1, 0.15) is 31.3 Å². The van der Waals surface area contributed by atoms with Crippen LogP contribution < -0.4 is 15.2 Å². The van der Waals surface area contributed by atoms with Crippen LogP contribution in [-0.4, -0.2) is 36.1 Å². The highest BCUT2D eigenvalue weighted by Crippen LogP contribution is 2.44. The first-order valence-corrected chi connectivity index (χ1v) is 10.9. The number of aromatic nitrogens is 1. The molecule has 0 aliphatic rings. The molecule has 168 valence electrons. The zero-order chi connectivity index (χ0) is 23.9. The SMILES string of the molecule is COc1ccc(-c2c(C(=O)O)c(C)nc3sc(C(=O)c4ccc(Cl)cc4)c(N)c23)cc1OC. The van der Waals surface area contributed by atoms with Gasteiger partial charge in [0.25, 0.3) is 0 Å². The normalized spacial score (nSPS) is 10.9. The summed E-state index contributed by atoms with van der Waals surface area (Å²) in [5.74, 6) is -0.514. The summed E-state index contributed by atoms with van der Waals surface area (Å²) < 4.78 is 10.7. The second kappa shape index (κ2) is 8.73. The van der Waals surface area contributed by atoms with Crippen molar-refractivity contribution in [2.45, 2.75) is 6.92 Å². The number of halogens is 1. The van der Waals surface area contributed by atoms with E-state index in [0.717, 1.165) is 11.3 Å². The Balaban J connectivity index is 2.03. The molecule has 4 rings (SSSR count). The zero-order valence-corrected chi connectivity index (χ0v) is 19.5. The molecule has 0 aliphatic heterocycles. The molecule has 4 aromatic rings. The van der Waals surface area contributed by atoms with E-state index >= 15 is 0 Å². The van der Waals surface area contributed by atoms with E-state index in [1.807, 2.05) is 0 Å². The minimum absolute atomic E-state index is 0.00436. The summed E-state index contributed by atoms with van der Waals surface area (Å²) in [6, 6.07) is 11.6. The van der Waals surface area contributed by atoms with Crippen molar-refractivity contribution >= 4 is 50.6 Å². The van der Waals surface area contributed by atoms with E-state index in [1.165, 1.54) is 14.2 Å². The summed E-state index contributed by atoms with van der Waals surface area (Å²) in [4.78, 5) is 30.6. The van der Waals surface area contributed by atoms with Gasteiger partial charge >= 0.3 is 5.97 Å². The minimum Gasteiger partial charge on any atom is -0.493 e. The van der Waals surface area contributed by atoms with Gasteiger partial charge < -0.3 is 20.3 Å². The molecule has 2 aromatic heterocycles. The smallest absolute Gasteiger partial charge is 0.338 e. The average molecular weight is 483 g/mol. The number of ether oxygens (including phenoxy) is 2. The molecular weight excluding hydrogens is 464 g/mol. The molecule has 33 heavy (non-hydrogen) atoms. The van der Waals surface area contributed by atoms with Crippen molar-refractivity contribution in [2.75, 3.05) is 20.0 Å². The number of nitrogens with zero attached hydrogens (tertiary/aromatic N) is 1. The van der Waals surface area contributed by atoms with E-state index in [9.17, 15) is 14.7 Å². The number of aromatic carboxylic acids is 1. The highest BCUT2D eigenvalue weighted by Gasteiger charge is 2.27. The monoisotopic (exact) mass is 482 g/mol. The lowest BCUT2D eigenvalue weighted by Crippen LogP contribution is -2.06. The van der Waals surface area contributed by atoms with Gasteiger partial charge in [-0.3, -0.25) is 4.79 Å². The summed E-state index contributed by atoms with van der Waals surface area (Å²) in [6.07, 6.45) is 0. The number of hydrogen-bond acceptors (Lipinski definition) is 7. The molecule has 0 radical (unpaired) electrons. The van der Waals surface area contributed by atoms with Crippen molar-refractivity contribution in [3.8, 4) is 22.6 Å². The van der Waals surface area contributed by atoms with Gasteiger partial charge in [0.15, 0.2) is 11.5 Å². The van der Waals surface area contributed by atoms with Crippen LogP contribution >= 0.6 is 22.9 Å². The van der Waals surface area contributed by atoms with Crippen LogP contribution in [0, 0.1) is 6.92 Å². The number of methoxy groups -OCH3 is 2. The van der Waals surface area contributed by atoms with E-state index in [1.54, 1.807) is 49.4 Å². The summed E-state index contributed by atoms with van der Waals surface area (Å²) in [5, 5.41) is 10.9. The van der Waals surface area contributed by atoms with Crippen LogP contribution in [-0.2, 0) is 0 Å². The summed E-state index contributed by atoms with van der Waals surface area (Å²) in [5.41, 5.74) is 8.30. The predicted molar refractivity (Wildman–Crippen MR) is 129 cm³/mol. The first-order valence-electron chi connectivity index (χ1n) is 9.75. The van der Waals surface area contributed by atoms with Gasteiger partial charge in [0.1, 0.15) is 9.71 Å². The molecule has 2 aromatic carbocycles. The first-order chi connectivity index (χ1) is 15.8. The number of benzene rings is 2. The van der Waals surface area contributed by atoms with Crippen LogP contribution in [0.25, 0.3) is 21.3 Å². The molecule has 0 amide bonds. The molecule has 0 saturated carbocycles. The summed E-state index contributed by atoms with van der Waals surface area (Å²) >= 11 is 7.06. The second-order valence-corrected chi connectivity index (χ2v) is 8.62. The maximum atomic E-state index is 13.2. The lowest BCUT2D eigenvalue weighted by molar-refractivity contribution is 0.0696. The van der Waals surface area contributed by atoms with E-state index in [0.29, 0.717) is 49.1 Å². The number of anilines is 1. The molecule has 0 fully saturated rings. The molecule has 3 N–H and O–H groups in total. The average Bonchev–Trinajstić information content (AvgIpc) is 3.13. The lowest BCUT2D eigenvalue weighted by atomic mass is 9.94. The maximum absolute atomic E-state index is 13.2. The number of rotatable bonds is 6. The molecule has 7 nitrogen and oxygen atoms in total. The van der Waals surface area contributed by atoms with Gasteiger partial charge in [0, 0.05) is 21.5 Å². The fourth-order valence-corrected chi connectivity index (χ4v) is 4.95. The molecule has 9 heteroatoms. The van der Waals surface area contributed by atoms with Gasteiger partial charge in [-0.2, -0.15) is 0 Å². The lowest BCUT2D eigenvalue weighted by Gasteiger charge is -2.14. The number of nitrogen functional groups attached to an aromatic ring is 1. The molecule has 0 saturated heterocycles. The minimum atomic E-state index is -1.15. The predicted octanol–water partition coefficient (Wildman–Crippen LogP) is 5.45. The van der Waals surface area contributed by atoms with Gasteiger partial charge in [-0.05, 0) is 48.9 Å². The number of carbonyl (C=O) groups is 2. The number of aryl methyl sites for hydroxylation is 1. The highest BCUT2D eigenvalue weighted by atomic mass is 35.5.